The first-order valence-corrected chi connectivity index (χ1v) is 8.97. The van der Waals surface area contributed by atoms with Crippen LogP contribution in [0.5, 0.6) is 0 Å². The van der Waals surface area contributed by atoms with Crippen molar-refractivity contribution in [3.63, 3.8) is 0 Å². The van der Waals surface area contributed by atoms with Crippen LogP contribution >= 0.6 is 0 Å². The number of rotatable bonds is 8. The summed E-state index contributed by atoms with van der Waals surface area (Å²) in [5.74, 6) is 0.0892. The molecule has 0 saturated heterocycles. The van der Waals surface area contributed by atoms with Gasteiger partial charge in [-0.15, -0.1) is 0 Å². The number of nitrogens with zero attached hydrogens (tertiary/aromatic N) is 2. The second-order valence-corrected chi connectivity index (χ2v) is 7.54. The summed E-state index contributed by atoms with van der Waals surface area (Å²) >= 11 is 0. The van der Waals surface area contributed by atoms with Gasteiger partial charge in [0.05, 0.1) is 11.8 Å². The molecule has 0 aliphatic heterocycles. The third-order valence-corrected chi connectivity index (χ3v) is 4.21. The van der Waals surface area contributed by atoms with Gasteiger partial charge in [0.15, 0.2) is 0 Å². The SMILES string of the molecule is CCNC(C#N)(CN(C)CCS(C)(=O)=O)c1ccccc1. The van der Waals surface area contributed by atoms with E-state index in [1.54, 1.807) is 0 Å². The summed E-state index contributed by atoms with van der Waals surface area (Å²) in [5, 5.41) is 12.9. The van der Waals surface area contributed by atoms with Gasteiger partial charge in [-0.3, -0.25) is 5.32 Å². The summed E-state index contributed by atoms with van der Waals surface area (Å²) in [5.41, 5.74) is 0.0583. The Bertz CT molecular complexity index is 581. The van der Waals surface area contributed by atoms with Crippen LogP contribution in [-0.4, -0.2) is 52.0 Å². The van der Waals surface area contributed by atoms with E-state index >= 15 is 0 Å². The van der Waals surface area contributed by atoms with E-state index in [9.17, 15) is 13.7 Å². The predicted octanol–water partition coefficient (Wildman–Crippen LogP) is 0.991. The lowest BCUT2D eigenvalue weighted by Gasteiger charge is -2.32. The molecule has 0 aliphatic rings. The van der Waals surface area contributed by atoms with Crippen molar-refractivity contribution in [3.05, 3.63) is 35.9 Å². The molecular formula is C15H23N3O2S. The number of hydrogen-bond donors (Lipinski definition) is 1. The lowest BCUT2D eigenvalue weighted by atomic mass is 9.90. The molecule has 116 valence electrons. The van der Waals surface area contributed by atoms with Gasteiger partial charge < -0.3 is 4.90 Å². The second-order valence-electron chi connectivity index (χ2n) is 5.28. The van der Waals surface area contributed by atoms with E-state index in [4.69, 9.17) is 0 Å². The second kappa shape index (κ2) is 7.55. The molecule has 0 fully saturated rings. The van der Waals surface area contributed by atoms with Gasteiger partial charge in [-0.25, -0.2) is 8.42 Å². The maximum Gasteiger partial charge on any atom is 0.148 e. The maximum absolute atomic E-state index is 11.3. The van der Waals surface area contributed by atoms with Gasteiger partial charge >= 0.3 is 0 Å². The lowest BCUT2D eigenvalue weighted by molar-refractivity contribution is 0.262. The average Bonchev–Trinajstić information content (AvgIpc) is 2.45. The van der Waals surface area contributed by atoms with E-state index in [2.05, 4.69) is 11.4 Å². The molecule has 1 aromatic rings. The zero-order chi connectivity index (χ0) is 15.9. The Kier molecular flexibility index (Phi) is 6.34. The summed E-state index contributed by atoms with van der Waals surface area (Å²) in [6, 6.07) is 11.9. The molecule has 0 radical (unpaired) electrons. The Morgan fingerprint density at radius 3 is 2.43 bits per heavy atom. The molecule has 1 aromatic carbocycles. The van der Waals surface area contributed by atoms with Gasteiger partial charge in [0, 0.05) is 19.3 Å². The molecule has 0 aliphatic carbocycles. The zero-order valence-electron chi connectivity index (χ0n) is 12.8. The molecule has 1 atom stereocenters. The van der Waals surface area contributed by atoms with Crippen molar-refractivity contribution in [1.82, 2.24) is 10.2 Å². The van der Waals surface area contributed by atoms with E-state index in [1.807, 2.05) is 49.2 Å². The first-order chi connectivity index (χ1) is 9.83. The largest absolute Gasteiger partial charge is 0.302 e. The van der Waals surface area contributed by atoms with Crippen LogP contribution in [0.2, 0.25) is 0 Å². The molecule has 0 amide bonds. The van der Waals surface area contributed by atoms with Crippen LogP contribution in [-0.2, 0) is 15.4 Å². The summed E-state index contributed by atoms with van der Waals surface area (Å²) in [6.45, 7) is 3.44. The van der Waals surface area contributed by atoms with Crippen molar-refractivity contribution in [2.24, 2.45) is 0 Å². The Hall–Kier alpha value is -1.42. The van der Waals surface area contributed by atoms with E-state index < -0.39 is 15.4 Å². The Morgan fingerprint density at radius 2 is 1.95 bits per heavy atom. The highest BCUT2D eigenvalue weighted by molar-refractivity contribution is 7.90. The topological polar surface area (TPSA) is 73.2 Å². The smallest absolute Gasteiger partial charge is 0.148 e. The molecule has 6 heteroatoms. The maximum atomic E-state index is 11.3. The summed E-state index contributed by atoms with van der Waals surface area (Å²) in [4.78, 5) is 1.87. The van der Waals surface area contributed by atoms with E-state index in [0.717, 1.165) is 5.56 Å². The molecule has 1 rings (SSSR count). The molecule has 0 spiro atoms. The lowest BCUT2D eigenvalue weighted by Crippen LogP contribution is -2.50. The van der Waals surface area contributed by atoms with Crippen molar-refractivity contribution in [2.75, 3.05) is 38.7 Å². The summed E-state index contributed by atoms with van der Waals surface area (Å²) < 4.78 is 22.5. The van der Waals surface area contributed by atoms with Gasteiger partial charge in [-0.2, -0.15) is 5.26 Å². The average molecular weight is 309 g/mol. The van der Waals surface area contributed by atoms with Crippen LogP contribution in [0, 0.1) is 11.3 Å². The van der Waals surface area contributed by atoms with Gasteiger partial charge in [0.25, 0.3) is 0 Å². The van der Waals surface area contributed by atoms with Crippen LogP contribution in [0.3, 0.4) is 0 Å². The normalized spacial score (nSPS) is 14.6. The zero-order valence-corrected chi connectivity index (χ0v) is 13.7. The van der Waals surface area contributed by atoms with Gasteiger partial charge in [-0.1, -0.05) is 37.3 Å². The highest BCUT2D eigenvalue weighted by atomic mass is 32.2. The van der Waals surface area contributed by atoms with Gasteiger partial charge in [-0.05, 0) is 19.2 Å². The van der Waals surface area contributed by atoms with Crippen LogP contribution in [0.4, 0.5) is 0 Å². The van der Waals surface area contributed by atoms with Crippen molar-refractivity contribution in [2.45, 2.75) is 12.5 Å². The standard InChI is InChI=1S/C15H23N3O2S/c1-4-17-15(12-16,14-8-6-5-7-9-14)13-18(2)10-11-21(3,19)20/h5-9,17H,4,10-11,13H2,1-3H3. The van der Waals surface area contributed by atoms with Crippen molar-refractivity contribution < 1.29 is 8.42 Å². The van der Waals surface area contributed by atoms with Gasteiger partial charge in [0.2, 0.25) is 0 Å². The minimum absolute atomic E-state index is 0.0892. The number of benzene rings is 1. The molecule has 5 nitrogen and oxygen atoms in total. The fraction of sp³-hybridized carbons (Fsp3) is 0.533. The number of likely N-dealkylation sites (N-methyl/N-ethyl adjacent to an activating group) is 2. The van der Waals surface area contributed by atoms with Crippen molar-refractivity contribution in [3.8, 4) is 6.07 Å². The third kappa shape index (κ3) is 5.46. The molecule has 1 unspecified atom stereocenters. The number of sulfone groups is 1. The Balaban J connectivity index is 2.91. The third-order valence-electron chi connectivity index (χ3n) is 3.29. The van der Waals surface area contributed by atoms with Crippen LogP contribution < -0.4 is 5.32 Å². The van der Waals surface area contributed by atoms with Crippen LogP contribution in [0.15, 0.2) is 30.3 Å². The van der Waals surface area contributed by atoms with E-state index in [1.165, 1.54) is 6.26 Å². The Morgan fingerprint density at radius 1 is 1.33 bits per heavy atom. The highest BCUT2D eigenvalue weighted by Gasteiger charge is 2.32. The molecule has 0 bridgehead atoms. The van der Waals surface area contributed by atoms with Gasteiger partial charge in [0.1, 0.15) is 15.4 Å². The number of nitriles is 1. The molecule has 1 N–H and O–H groups in total. The van der Waals surface area contributed by atoms with Crippen molar-refractivity contribution in [1.29, 1.82) is 5.26 Å². The first-order valence-electron chi connectivity index (χ1n) is 6.91. The van der Waals surface area contributed by atoms with Crippen LogP contribution in [0.1, 0.15) is 12.5 Å². The molecule has 0 saturated carbocycles. The minimum atomic E-state index is -3.00. The summed E-state index contributed by atoms with van der Waals surface area (Å²) in [6.07, 6.45) is 1.22. The summed E-state index contributed by atoms with van der Waals surface area (Å²) in [7, 11) is -1.17. The quantitative estimate of drug-likeness (QED) is 0.775. The molecule has 21 heavy (non-hydrogen) atoms. The fourth-order valence-electron chi connectivity index (χ4n) is 2.22. The van der Waals surface area contributed by atoms with Crippen molar-refractivity contribution >= 4 is 9.84 Å². The molecule has 0 heterocycles. The molecular weight excluding hydrogens is 286 g/mol. The fourth-order valence-corrected chi connectivity index (χ4v) is 2.86. The first kappa shape index (κ1) is 17.6. The highest BCUT2D eigenvalue weighted by Crippen LogP contribution is 2.21. The number of nitrogens with one attached hydrogen (secondary N) is 1. The van der Waals surface area contributed by atoms with E-state index in [-0.39, 0.29) is 5.75 Å². The minimum Gasteiger partial charge on any atom is -0.302 e. The monoisotopic (exact) mass is 309 g/mol. The number of hydrogen-bond acceptors (Lipinski definition) is 5. The van der Waals surface area contributed by atoms with Crippen LogP contribution in [0.25, 0.3) is 0 Å². The molecule has 0 aromatic heterocycles. The Labute approximate surface area is 127 Å². The predicted molar refractivity (Wildman–Crippen MR) is 84.6 cm³/mol. The van der Waals surface area contributed by atoms with E-state index in [0.29, 0.717) is 19.6 Å².